The molecule has 148 valence electrons. The number of amides is 3. The first-order valence-corrected chi connectivity index (χ1v) is 9.02. The molecular formula is C19H22N4O5. The van der Waals surface area contributed by atoms with Crippen LogP contribution in [-0.2, 0) is 19.1 Å². The van der Waals surface area contributed by atoms with E-state index in [2.05, 4.69) is 5.10 Å². The van der Waals surface area contributed by atoms with Crippen LogP contribution in [0.5, 0.6) is 0 Å². The van der Waals surface area contributed by atoms with Crippen molar-refractivity contribution in [3.8, 4) is 0 Å². The second-order valence-corrected chi connectivity index (χ2v) is 6.91. The third kappa shape index (κ3) is 4.36. The van der Waals surface area contributed by atoms with Crippen molar-refractivity contribution < 1.29 is 23.9 Å². The van der Waals surface area contributed by atoms with Gasteiger partial charge in [0.1, 0.15) is 11.8 Å². The number of esters is 1. The van der Waals surface area contributed by atoms with E-state index in [1.165, 1.54) is 11.9 Å². The molecule has 1 fully saturated rings. The number of hydrogen-bond donors (Lipinski definition) is 1. The van der Waals surface area contributed by atoms with E-state index in [0.29, 0.717) is 5.56 Å². The van der Waals surface area contributed by atoms with Gasteiger partial charge in [-0.3, -0.25) is 14.4 Å². The van der Waals surface area contributed by atoms with Gasteiger partial charge in [-0.15, -0.1) is 0 Å². The van der Waals surface area contributed by atoms with Crippen LogP contribution in [0.3, 0.4) is 0 Å². The van der Waals surface area contributed by atoms with Gasteiger partial charge in [-0.2, -0.15) is 5.10 Å². The molecule has 0 saturated carbocycles. The molecule has 0 bridgehead atoms. The Bertz CT molecular complexity index is 823. The predicted octanol–water partition coefficient (Wildman–Crippen LogP) is 0.154. The van der Waals surface area contributed by atoms with Gasteiger partial charge in [0.25, 0.3) is 5.91 Å². The van der Waals surface area contributed by atoms with Crippen molar-refractivity contribution in [2.75, 3.05) is 20.1 Å². The van der Waals surface area contributed by atoms with Crippen LogP contribution in [0.1, 0.15) is 29.6 Å². The molecule has 3 amide bonds. The summed E-state index contributed by atoms with van der Waals surface area (Å²) in [5.41, 5.74) is 5.99. The minimum atomic E-state index is -0.646. The zero-order valence-electron chi connectivity index (χ0n) is 15.5. The average Bonchev–Trinajstić information content (AvgIpc) is 3.05. The summed E-state index contributed by atoms with van der Waals surface area (Å²) in [5.74, 6) is -1.92. The number of hydrogen-bond acceptors (Lipinski definition) is 6. The molecule has 9 heteroatoms. The van der Waals surface area contributed by atoms with Crippen molar-refractivity contribution in [2.24, 2.45) is 16.8 Å². The molecule has 0 unspecified atom stereocenters. The molecule has 0 aliphatic carbocycles. The van der Waals surface area contributed by atoms with Gasteiger partial charge in [0.05, 0.1) is 12.1 Å². The molecule has 2 aliphatic rings. The smallest absolute Gasteiger partial charge is 0.338 e. The number of likely N-dealkylation sites (tertiary alicyclic amines) is 1. The van der Waals surface area contributed by atoms with Crippen molar-refractivity contribution in [1.29, 1.82) is 0 Å². The number of nitrogens with zero attached hydrogens (tertiary/aromatic N) is 3. The molecule has 3 rings (SSSR count). The number of primary amides is 1. The average molecular weight is 386 g/mol. The third-order valence-corrected chi connectivity index (χ3v) is 4.85. The van der Waals surface area contributed by atoms with Gasteiger partial charge in [-0.1, -0.05) is 18.2 Å². The largest absolute Gasteiger partial charge is 0.457 e. The Labute approximate surface area is 162 Å². The maximum atomic E-state index is 12.8. The standard InChI is InChI=1S/C19H22N4O5/c1-22-17(25)8-7-14(21-22)18(26)23-10-13(9-16(20)24)15(11-23)28-19(27)12-5-3-2-4-6-12/h2-6,13,15H,7-11H2,1H3,(H2,20,24)/t13-,15+/m0/s1. The van der Waals surface area contributed by atoms with Crippen molar-refractivity contribution in [3.63, 3.8) is 0 Å². The number of carbonyl (C=O) groups excluding carboxylic acids is 4. The first-order valence-electron chi connectivity index (χ1n) is 9.02. The van der Waals surface area contributed by atoms with E-state index < -0.39 is 23.9 Å². The Kier molecular flexibility index (Phi) is 5.72. The topological polar surface area (TPSA) is 122 Å². The molecule has 2 atom stereocenters. The van der Waals surface area contributed by atoms with Gasteiger partial charge >= 0.3 is 5.97 Å². The molecule has 1 aromatic carbocycles. The van der Waals surface area contributed by atoms with E-state index in [4.69, 9.17) is 10.5 Å². The first-order chi connectivity index (χ1) is 13.3. The molecule has 9 nitrogen and oxygen atoms in total. The predicted molar refractivity (Wildman–Crippen MR) is 99.0 cm³/mol. The Morgan fingerprint density at radius 2 is 1.89 bits per heavy atom. The molecule has 1 saturated heterocycles. The monoisotopic (exact) mass is 386 g/mol. The third-order valence-electron chi connectivity index (χ3n) is 4.85. The van der Waals surface area contributed by atoms with Crippen LogP contribution in [0, 0.1) is 5.92 Å². The quantitative estimate of drug-likeness (QED) is 0.722. The Hall–Kier alpha value is -3.23. The number of rotatable bonds is 5. The van der Waals surface area contributed by atoms with Crippen LogP contribution in [0.15, 0.2) is 35.4 Å². The minimum absolute atomic E-state index is 0.00137. The summed E-state index contributed by atoms with van der Waals surface area (Å²) in [7, 11) is 1.50. The van der Waals surface area contributed by atoms with Gasteiger partial charge < -0.3 is 15.4 Å². The lowest BCUT2D eigenvalue weighted by atomic mass is 10.0. The van der Waals surface area contributed by atoms with Gasteiger partial charge in [-0.25, -0.2) is 9.80 Å². The first kappa shape index (κ1) is 19.5. The van der Waals surface area contributed by atoms with Crippen molar-refractivity contribution in [3.05, 3.63) is 35.9 Å². The molecular weight excluding hydrogens is 364 g/mol. The molecule has 0 spiro atoms. The number of hydrazone groups is 1. The summed E-state index contributed by atoms with van der Waals surface area (Å²) < 4.78 is 5.57. The van der Waals surface area contributed by atoms with Crippen LogP contribution in [-0.4, -0.2) is 65.6 Å². The van der Waals surface area contributed by atoms with Crippen molar-refractivity contribution >= 4 is 29.4 Å². The summed E-state index contributed by atoms with van der Waals surface area (Å²) in [5, 5.41) is 5.19. The van der Waals surface area contributed by atoms with Crippen molar-refractivity contribution in [1.82, 2.24) is 9.91 Å². The van der Waals surface area contributed by atoms with Crippen LogP contribution in [0.2, 0.25) is 0 Å². The highest BCUT2D eigenvalue weighted by molar-refractivity contribution is 6.39. The minimum Gasteiger partial charge on any atom is -0.457 e. The number of nitrogens with two attached hydrogens (primary N) is 1. The van der Waals surface area contributed by atoms with E-state index in [-0.39, 0.29) is 49.9 Å². The number of ether oxygens (including phenoxy) is 1. The van der Waals surface area contributed by atoms with E-state index in [9.17, 15) is 19.2 Å². The number of benzene rings is 1. The summed E-state index contributed by atoms with van der Waals surface area (Å²) in [6, 6.07) is 8.50. The fourth-order valence-electron chi connectivity index (χ4n) is 3.38. The molecule has 1 aromatic rings. The lowest BCUT2D eigenvalue weighted by molar-refractivity contribution is -0.130. The summed E-state index contributed by atoms with van der Waals surface area (Å²) >= 11 is 0. The second kappa shape index (κ2) is 8.20. The van der Waals surface area contributed by atoms with Crippen LogP contribution >= 0.6 is 0 Å². The van der Waals surface area contributed by atoms with Gasteiger partial charge in [-0.05, 0) is 12.1 Å². The van der Waals surface area contributed by atoms with Gasteiger partial charge in [0.15, 0.2) is 0 Å². The highest BCUT2D eigenvalue weighted by Gasteiger charge is 2.40. The normalized spacial score (nSPS) is 22.0. The molecule has 0 radical (unpaired) electrons. The zero-order chi connectivity index (χ0) is 20.3. The number of carbonyl (C=O) groups is 4. The molecule has 0 aromatic heterocycles. The van der Waals surface area contributed by atoms with Gasteiger partial charge in [0, 0.05) is 38.8 Å². The highest BCUT2D eigenvalue weighted by Crippen LogP contribution is 2.25. The summed E-state index contributed by atoms with van der Waals surface area (Å²) in [6.07, 6.45) is -0.173. The van der Waals surface area contributed by atoms with Crippen molar-refractivity contribution in [2.45, 2.75) is 25.4 Å². The molecule has 28 heavy (non-hydrogen) atoms. The molecule has 2 aliphatic heterocycles. The summed E-state index contributed by atoms with van der Waals surface area (Å²) in [4.78, 5) is 49.6. The van der Waals surface area contributed by atoms with E-state index in [1.54, 1.807) is 30.3 Å². The van der Waals surface area contributed by atoms with Gasteiger partial charge in [0.2, 0.25) is 11.8 Å². The SMILES string of the molecule is CN1N=C(C(=O)N2C[C@H](CC(N)=O)[C@H](OC(=O)c3ccccc3)C2)CCC1=O. The van der Waals surface area contributed by atoms with E-state index in [0.717, 1.165) is 5.01 Å². The Balaban J connectivity index is 1.72. The van der Waals surface area contributed by atoms with Crippen LogP contribution in [0.25, 0.3) is 0 Å². The van der Waals surface area contributed by atoms with Crippen LogP contribution < -0.4 is 5.73 Å². The summed E-state index contributed by atoms with van der Waals surface area (Å²) in [6.45, 7) is 0.372. The highest BCUT2D eigenvalue weighted by atomic mass is 16.5. The Morgan fingerprint density at radius 1 is 1.18 bits per heavy atom. The van der Waals surface area contributed by atoms with Crippen LogP contribution in [0.4, 0.5) is 0 Å². The fraction of sp³-hybridized carbons (Fsp3) is 0.421. The maximum Gasteiger partial charge on any atom is 0.338 e. The zero-order valence-corrected chi connectivity index (χ0v) is 15.5. The molecule has 2 heterocycles. The Morgan fingerprint density at radius 3 is 2.54 bits per heavy atom. The molecule has 2 N–H and O–H groups in total. The lowest BCUT2D eigenvalue weighted by Crippen LogP contribution is -2.40. The second-order valence-electron chi connectivity index (χ2n) is 6.91. The fourth-order valence-corrected chi connectivity index (χ4v) is 3.38. The van der Waals surface area contributed by atoms with E-state index >= 15 is 0 Å². The maximum absolute atomic E-state index is 12.8. The lowest BCUT2D eigenvalue weighted by Gasteiger charge is -2.22. The van der Waals surface area contributed by atoms with E-state index in [1.807, 2.05) is 0 Å².